The molecule has 0 amide bonds. The molecule has 1 N–H and O–H groups in total. The summed E-state index contributed by atoms with van der Waals surface area (Å²) in [4.78, 5) is 4.02. The summed E-state index contributed by atoms with van der Waals surface area (Å²) in [6, 6.07) is 1.58. The molecule has 9 heteroatoms. The van der Waals surface area contributed by atoms with E-state index in [9.17, 15) is 17.2 Å². The van der Waals surface area contributed by atoms with E-state index >= 15 is 0 Å². The number of hydrogen-bond acceptors (Lipinski definition) is 3. The lowest BCUT2D eigenvalue weighted by atomic mass is 10.1. The predicted octanol–water partition coefficient (Wildman–Crippen LogP) is 2.54. The Morgan fingerprint density at radius 1 is 1.40 bits per heavy atom. The molecule has 5 nitrogen and oxygen atoms in total. The number of pyridine rings is 1. The van der Waals surface area contributed by atoms with Gasteiger partial charge in [0.15, 0.2) is 0 Å². The van der Waals surface area contributed by atoms with Gasteiger partial charge in [-0.3, -0.25) is 9.71 Å². The highest BCUT2D eigenvalue weighted by Crippen LogP contribution is 2.29. The third kappa shape index (κ3) is 3.64. The molecule has 2 heterocycles. The van der Waals surface area contributed by atoms with Crippen LogP contribution in [0.5, 0.6) is 0 Å². The van der Waals surface area contributed by atoms with Crippen LogP contribution in [0.4, 0.5) is 14.5 Å². The maximum Gasteiger partial charge on any atom is 0.301 e. The van der Waals surface area contributed by atoms with Crippen molar-refractivity contribution in [1.82, 2.24) is 9.29 Å². The van der Waals surface area contributed by atoms with E-state index in [1.165, 1.54) is 0 Å². The lowest BCUT2D eigenvalue weighted by molar-refractivity contribution is -0.0411. The summed E-state index contributed by atoms with van der Waals surface area (Å²) >= 11 is 3.20. The minimum absolute atomic E-state index is 0.192. The molecule has 1 aromatic rings. The SMILES string of the molecule is Cc1ncc(Br)cc1NS(=O)(=O)N1CCC(F)(F)CC1. The van der Waals surface area contributed by atoms with Crippen molar-refractivity contribution in [2.45, 2.75) is 25.7 Å². The molecule has 0 radical (unpaired) electrons. The van der Waals surface area contributed by atoms with Crippen molar-refractivity contribution in [3.8, 4) is 0 Å². The Balaban J connectivity index is 2.14. The zero-order valence-electron chi connectivity index (χ0n) is 10.7. The van der Waals surface area contributed by atoms with Gasteiger partial charge in [-0.1, -0.05) is 0 Å². The van der Waals surface area contributed by atoms with Crippen LogP contribution in [0.15, 0.2) is 16.7 Å². The Bertz CT molecular complexity index is 600. The van der Waals surface area contributed by atoms with Crippen molar-refractivity contribution in [2.75, 3.05) is 17.8 Å². The number of rotatable bonds is 3. The van der Waals surface area contributed by atoms with Gasteiger partial charge < -0.3 is 0 Å². The summed E-state index contributed by atoms with van der Waals surface area (Å²) in [5, 5.41) is 0. The number of alkyl halides is 2. The van der Waals surface area contributed by atoms with Gasteiger partial charge in [-0.25, -0.2) is 8.78 Å². The molecule has 0 atom stereocenters. The third-order valence-electron chi connectivity index (χ3n) is 3.09. The molecule has 0 bridgehead atoms. The fraction of sp³-hybridized carbons (Fsp3) is 0.545. The molecule has 1 aliphatic heterocycles. The molecule has 20 heavy (non-hydrogen) atoms. The van der Waals surface area contributed by atoms with Gasteiger partial charge in [-0.05, 0) is 28.9 Å². The fourth-order valence-corrected chi connectivity index (χ4v) is 3.48. The predicted molar refractivity (Wildman–Crippen MR) is 75.0 cm³/mol. The molecule has 0 saturated carbocycles. The van der Waals surface area contributed by atoms with Crippen molar-refractivity contribution in [2.24, 2.45) is 0 Å². The van der Waals surface area contributed by atoms with Gasteiger partial charge >= 0.3 is 10.2 Å². The average Bonchev–Trinajstić information content (AvgIpc) is 2.33. The van der Waals surface area contributed by atoms with E-state index in [1.807, 2.05) is 0 Å². The minimum Gasteiger partial charge on any atom is -0.269 e. The minimum atomic E-state index is -3.84. The first-order chi connectivity index (χ1) is 9.20. The molecule has 0 aromatic carbocycles. The number of anilines is 1. The van der Waals surface area contributed by atoms with E-state index in [1.54, 1.807) is 19.2 Å². The van der Waals surface area contributed by atoms with Crippen molar-refractivity contribution >= 4 is 31.8 Å². The number of aryl methyl sites for hydroxylation is 1. The highest BCUT2D eigenvalue weighted by Gasteiger charge is 2.38. The number of nitrogens with one attached hydrogen (secondary N) is 1. The Hall–Kier alpha value is -0.800. The quantitative estimate of drug-likeness (QED) is 0.890. The average molecular weight is 370 g/mol. The molecule has 1 aromatic heterocycles. The van der Waals surface area contributed by atoms with Gasteiger partial charge in [-0.15, -0.1) is 0 Å². The van der Waals surface area contributed by atoms with Crippen molar-refractivity contribution in [1.29, 1.82) is 0 Å². The topological polar surface area (TPSA) is 62.3 Å². The van der Waals surface area contributed by atoms with Crippen LogP contribution in [0.3, 0.4) is 0 Å². The second kappa shape index (κ2) is 5.53. The molecule has 0 spiro atoms. The van der Waals surface area contributed by atoms with Gasteiger partial charge in [-0.2, -0.15) is 12.7 Å². The first kappa shape index (κ1) is 15.6. The summed E-state index contributed by atoms with van der Waals surface area (Å²) < 4.78 is 54.5. The standard InChI is InChI=1S/C11H14BrF2N3O2S/c1-8-10(6-9(12)7-15-8)16-20(18,19)17-4-2-11(13,14)3-5-17/h6-7,16H,2-5H2,1H3. The third-order valence-corrected chi connectivity index (χ3v) is 5.04. The van der Waals surface area contributed by atoms with Crippen molar-refractivity contribution < 1.29 is 17.2 Å². The maximum absolute atomic E-state index is 13.1. The van der Waals surface area contributed by atoms with Gasteiger partial charge in [0.1, 0.15) is 0 Å². The number of nitrogens with zero attached hydrogens (tertiary/aromatic N) is 2. The van der Waals surface area contributed by atoms with Crippen LogP contribution < -0.4 is 4.72 Å². The largest absolute Gasteiger partial charge is 0.301 e. The Kier molecular flexibility index (Phi) is 4.31. The van der Waals surface area contributed by atoms with Crippen molar-refractivity contribution in [3.05, 3.63) is 22.4 Å². The van der Waals surface area contributed by atoms with E-state index < -0.39 is 29.0 Å². The molecule has 112 valence electrons. The zero-order chi connectivity index (χ0) is 15.0. The van der Waals surface area contributed by atoms with Crippen LogP contribution in [0, 0.1) is 6.92 Å². The lowest BCUT2D eigenvalue weighted by Gasteiger charge is -2.31. The van der Waals surface area contributed by atoms with Gasteiger partial charge in [0.05, 0.1) is 11.4 Å². The second-order valence-corrected chi connectivity index (χ2v) is 7.23. The zero-order valence-corrected chi connectivity index (χ0v) is 13.1. The summed E-state index contributed by atoms with van der Waals surface area (Å²) in [6.07, 6.45) is 0.641. The molecule has 0 aliphatic carbocycles. The first-order valence-electron chi connectivity index (χ1n) is 5.97. The van der Waals surface area contributed by atoms with Crippen LogP contribution in [-0.4, -0.2) is 36.7 Å². The molecular weight excluding hydrogens is 356 g/mol. The molecule has 1 fully saturated rings. The summed E-state index contributed by atoms with van der Waals surface area (Å²) in [7, 11) is -3.84. The first-order valence-corrected chi connectivity index (χ1v) is 8.21. The molecule has 1 saturated heterocycles. The second-order valence-electron chi connectivity index (χ2n) is 4.65. The summed E-state index contributed by atoms with van der Waals surface area (Å²) in [5.41, 5.74) is 0.843. The van der Waals surface area contributed by atoms with Gasteiger partial charge in [0.25, 0.3) is 5.92 Å². The summed E-state index contributed by atoms with van der Waals surface area (Å²) in [5.74, 6) is -2.78. The number of hydrogen-bond donors (Lipinski definition) is 1. The smallest absolute Gasteiger partial charge is 0.269 e. The van der Waals surface area contributed by atoms with Gasteiger partial charge in [0.2, 0.25) is 0 Å². The van der Waals surface area contributed by atoms with Crippen molar-refractivity contribution in [3.63, 3.8) is 0 Å². The maximum atomic E-state index is 13.1. The Morgan fingerprint density at radius 2 is 2.00 bits per heavy atom. The number of halogens is 3. The Morgan fingerprint density at radius 3 is 2.60 bits per heavy atom. The van der Waals surface area contributed by atoms with Gasteiger partial charge in [0, 0.05) is 36.6 Å². The number of piperidine rings is 1. The Labute approximate surface area is 124 Å². The summed E-state index contributed by atoms with van der Waals surface area (Å²) in [6.45, 7) is 1.28. The lowest BCUT2D eigenvalue weighted by Crippen LogP contribution is -2.45. The van der Waals surface area contributed by atoms with Crippen LogP contribution in [0.2, 0.25) is 0 Å². The molecular formula is C11H14BrF2N3O2S. The van der Waals surface area contributed by atoms with E-state index in [0.29, 0.717) is 15.9 Å². The van der Waals surface area contributed by atoms with Crippen LogP contribution in [-0.2, 0) is 10.2 Å². The van der Waals surface area contributed by atoms with E-state index in [-0.39, 0.29) is 13.1 Å². The van der Waals surface area contributed by atoms with Crippen LogP contribution in [0.1, 0.15) is 18.5 Å². The van der Waals surface area contributed by atoms with Crippen LogP contribution >= 0.6 is 15.9 Å². The monoisotopic (exact) mass is 369 g/mol. The van der Waals surface area contributed by atoms with E-state index in [0.717, 1.165) is 4.31 Å². The molecule has 2 rings (SSSR count). The van der Waals surface area contributed by atoms with E-state index in [2.05, 4.69) is 25.6 Å². The molecule has 1 aliphatic rings. The molecule has 0 unspecified atom stereocenters. The fourth-order valence-electron chi connectivity index (χ4n) is 1.87. The highest BCUT2D eigenvalue weighted by molar-refractivity contribution is 9.10. The van der Waals surface area contributed by atoms with Crippen LogP contribution in [0.25, 0.3) is 0 Å². The van der Waals surface area contributed by atoms with E-state index in [4.69, 9.17) is 0 Å². The highest BCUT2D eigenvalue weighted by atomic mass is 79.9. The normalized spacial score (nSPS) is 19.8. The number of aromatic nitrogens is 1.